The Hall–Kier alpha value is -0.181. The maximum absolute atomic E-state index is 11.5. The molecule has 90 valence electrons. The van der Waals surface area contributed by atoms with Crippen molar-refractivity contribution >= 4 is 25.3 Å². The number of carbonyl (C=O) groups excluding carboxylic acids is 2. The van der Waals surface area contributed by atoms with E-state index < -0.39 is 4.69 Å². The van der Waals surface area contributed by atoms with Crippen molar-refractivity contribution in [2.75, 3.05) is 0 Å². The fourth-order valence-corrected chi connectivity index (χ4v) is 3.45. The number of carbonyl (C=O) groups is 2. The summed E-state index contributed by atoms with van der Waals surface area (Å²) in [7, 11) is 0. The molecule has 0 radical (unpaired) electrons. The molecule has 0 fully saturated rings. The van der Waals surface area contributed by atoms with Gasteiger partial charge in [-0.05, 0) is 0 Å². The third kappa shape index (κ3) is 2.24. The van der Waals surface area contributed by atoms with E-state index in [-0.39, 0.29) is 25.1 Å². The summed E-state index contributed by atoms with van der Waals surface area (Å²) in [6.07, 6.45) is 0. The van der Waals surface area contributed by atoms with Crippen LogP contribution in [0, 0.1) is 5.41 Å². The van der Waals surface area contributed by atoms with Crippen molar-refractivity contribution in [3.05, 3.63) is 21.2 Å². The van der Waals surface area contributed by atoms with E-state index in [1.165, 1.54) is 11.1 Å². The van der Waals surface area contributed by atoms with Crippen LogP contribution in [0.4, 0.5) is 0 Å². The fourth-order valence-electron chi connectivity index (χ4n) is 1.83. The maximum atomic E-state index is 11.5. The van der Waals surface area contributed by atoms with Crippen molar-refractivity contribution in [3.63, 3.8) is 0 Å². The molecule has 16 heavy (non-hydrogen) atoms. The van der Waals surface area contributed by atoms with Crippen molar-refractivity contribution in [1.29, 1.82) is 0 Å². The van der Waals surface area contributed by atoms with Crippen molar-refractivity contribution in [2.24, 2.45) is 5.41 Å². The van der Waals surface area contributed by atoms with Gasteiger partial charge in [0.05, 0.1) is 0 Å². The van der Waals surface area contributed by atoms with Crippen molar-refractivity contribution in [3.8, 4) is 0 Å². The molecule has 0 saturated carbocycles. The Balaban J connectivity index is 3.09. The average molecular weight is 327 g/mol. The standard InChI is InChI=1S/C10H15.C2BrO2.Fe/c1-7-6-10(4,5)9(3)8(7)2;3-2(5)1-4;/h1-5H3;;. The van der Waals surface area contributed by atoms with E-state index in [0.717, 1.165) is 10.0 Å². The first-order valence-electron chi connectivity index (χ1n) is 4.95. The van der Waals surface area contributed by atoms with Gasteiger partial charge in [-0.3, -0.25) is 0 Å². The van der Waals surface area contributed by atoms with Crippen molar-refractivity contribution in [1.82, 2.24) is 0 Å². The fraction of sp³-hybridized carbons (Fsp3) is 0.500. The number of rotatable bonds is 3. The van der Waals surface area contributed by atoms with Crippen LogP contribution in [0.3, 0.4) is 0 Å². The Kier molecular flexibility index (Phi) is 3.99. The molecule has 0 bridgehead atoms. The van der Waals surface area contributed by atoms with E-state index in [0.29, 0.717) is 0 Å². The van der Waals surface area contributed by atoms with E-state index in [1.54, 1.807) is 0 Å². The summed E-state index contributed by atoms with van der Waals surface area (Å²) < 4.78 is 0.163. The summed E-state index contributed by atoms with van der Waals surface area (Å²) >= 11 is 2.93. The molecule has 1 rings (SSSR count). The Morgan fingerprint density at radius 2 is 1.62 bits per heavy atom. The molecule has 0 amide bonds. The molecule has 0 heterocycles. The van der Waals surface area contributed by atoms with Crippen LogP contribution in [0.1, 0.15) is 34.6 Å². The normalized spacial score (nSPS) is 19.6. The Morgan fingerprint density at radius 1 is 1.12 bits per heavy atom. The summed E-state index contributed by atoms with van der Waals surface area (Å²) in [5.74, 6) is 0. The summed E-state index contributed by atoms with van der Waals surface area (Å²) in [6, 6.07) is 0. The summed E-state index contributed by atoms with van der Waals surface area (Å²) in [5, 5.41) is 0. The van der Waals surface area contributed by atoms with Gasteiger partial charge in [0.25, 0.3) is 0 Å². The van der Waals surface area contributed by atoms with Crippen LogP contribution in [0.2, 0.25) is 0 Å². The van der Waals surface area contributed by atoms with E-state index in [1.807, 2.05) is 6.92 Å². The van der Waals surface area contributed by atoms with Gasteiger partial charge in [0.2, 0.25) is 0 Å². The van der Waals surface area contributed by atoms with Gasteiger partial charge in [-0.1, -0.05) is 0 Å². The zero-order chi connectivity index (χ0) is 12.7. The summed E-state index contributed by atoms with van der Waals surface area (Å²) in [5.41, 5.74) is 3.58. The molecule has 0 aromatic rings. The molecule has 4 heteroatoms. The van der Waals surface area contributed by atoms with E-state index in [9.17, 15) is 9.59 Å². The molecule has 0 spiro atoms. The molecule has 2 nitrogen and oxygen atoms in total. The first-order valence-corrected chi connectivity index (χ1v) is 6.85. The summed E-state index contributed by atoms with van der Waals surface area (Å²) in [4.78, 5) is 22.4. The van der Waals surface area contributed by atoms with Gasteiger partial charge in [0, 0.05) is 0 Å². The first kappa shape index (κ1) is 13.9. The van der Waals surface area contributed by atoms with Gasteiger partial charge < -0.3 is 0 Å². The molecule has 0 aliphatic heterocycles. The summed E-state index contributed by atoms with van der Waals surface area (Å²) in [6.45, 7) is 10.4. The third-order valence-electron chi connectivity index (χ3n) is 3.23. The molecular formula is C12H15BrFeO2. The van der Waals surface area contributed by atoms with E-state index >= 15 is 0 Å². The zero-order valence-corrected chi connectivity index (χ0v) is 12.7. The second kappa shape index (κ2) is 4.59. The van der Waals surface area contributed by atoms with E-state index in [2.05, 4.69) is 43.6 Å². The van der Waals surface area contributed by atoms with Gasteiger partial charge in [0.15, 0.2) is 0 Å². The van der Waals surface area contributed by atoms with Crippen LogP contribution in [0.5, 0.6) is 0 Å². The van der Waals surface area contributed by atoms with Crippen LogP contribution >= 0.6 is 15.9 Å². The topological polar surface area (TPSA) is 34.1 Å². The quantitative estimate of drug-likeness (QED) is 0.453. The molecule has 1 aliphatic rings. The monoisotopic (exact) mass is 326 g/mol. The molecule has 0 atom stereocenters. The van der Waals surface area contributed by atoms with Crippen LogP contribution < -0.4 is 0 Å². The third-order valence-corrected chi connectivity index (χ3v) is 5.82. The van der Waals surface area contributed by atoms with E-state index in [4.69, 9.17) is 0 Å². The number of halogens is 1. The van der Waals surface area contributed by atoms with Crippen molar-refractivity contribution in [2.45, 2.75) is 34.6 Å². The molecule has 0 aromatic carbocycles. The minimum atomic E-state index is -0.536. The van der Waals surface area contributed by atoms with Gasteiger partial charge >= 0.3 is 111 Å². The van der Waals surface area contributed by atoms with Gasteiger partial charge in [-0.15, -0.1) is 0 Å². The molecule has 1 aliphatic carbocycles. The predicted molar refractivity (Wildman–Crippen MR) is 63.8 cm³/mol. The van der Waals surface area contributed by atoms with Crippen molar-refractivity contribution < 1.29 is 24.5 Å². The van der Waals surface area contributed by atoms with Gasteiger partial charge in [0.1, 0.15) is 0 Å². The predicted octanol–water partition coefficient (Wildman–Crippen LogP) is 3.17. The Morgan fingerprint density at radius 3 is 1.94 bits per heavy atom. The number of allylic oxidation sites excluding steroid dienone is 4. The second-order valence-electron chi connectivity index (χ2n) is 4.43. The molecule has 0 unspecified atom stereocenters. The number of hydrogen-bond acceptors (Lipinski definition) is 2. The Labute approximate surface area is 111 Å². The van der Waals surface area contributed by atoms with Crippen LogP contribution in [-0.2, 0) is 24.5 Å². The Bertz CT molecular complexity index is 430. The van der Waals surface area contributed by atoms with Crippen LogP contribution in [-0.4, -0.2) is 9.37 Å². The molecule has 0 aromatic heterocycles. The SMILES string of the molecule is CC1=C(C)C(C)(C)[C]([Fe][C](=O)C(=O)Br)=C1C. The second-order valence-corrected chi connectivity index (χ2v) is 6.48. The zero-order valence-electron chi connectivity index (χ0n) is 10.0. The molecule has 0 saturated heterocycles. The molecule has 0 N–H and O–H groups in total. The number of hydrogen-bond donors (Lipinski definition) is 0. The van der Waals surface area contributed by atoms with Crippen LogP contribution in [0.25, 0.3) is 0 Å². The molecular weight excluding hydrogens is 312 g/mol. The van der Waals surface area contributed by atoms with Gasteiger partial charge in [-0.2, -0.15) is 0 Å². The minimum absolute atomic E-state index is 0.105. The van der Waals surface area contributed by atoms with Gasteiger partial charge in [-0.25, -0.2) is 0 Å². The first-order chi connectivity index (χ1) is 7.19. The average Bonchev–Trinajstić information content (AvgIpc) is 2.33. The van der Waals surface area contributed by atoms with Crippen LogP contribution in [0.15, 0.2) is 21.2 Å².